The van der Waals surface area contributed by atoms with Crippen molar-refractivity contribution in [3.8, 4) is 0 Å². The van der Waals surface area contributed by atoms with Gasteiger partial charge in [0.2, 0.25) is 0 Å². The lowest BCUT2D eigenvalue weighted by molar-refractivity contribution is 0.116. The van der Waals surface area contributed by atoms with Crippen molar-refractivity contribution in [2.75, 3.05) is 0 Å². The Bertz CT molecular complexity index is 304. The normalized spacial score (nSPS) is 12.4. The van der Waals surface area contributed by atoms with Crippen LogP contribution in [0, 0.1) is 12.7 Å². The summed E-state index contributed by atoms with van der Waals surface area (Å²) in [7, 11) is 0. The van der Waals surface area contributed by atoms with Gasteiger partial charge in [-0.3, -0.25) is 0 Å². The third kappa shape index (κ3) is 2.89. The molecule has 0 unspecified atom stereocenters. The molecule has 0 aromatic heterocycles. The van der Waals surface area contributed by atoms with E-state index in [1.807, 2.05) is 0 Å². The monoisotopic (exact) mass is 225 g/mol. The number of benzene rings is 1. The van der Waals surface area contributed by atoms with Crippen LogP contribution in [0.2, 0.25) is 0 Å². The maximum absolute atomic E-state index is 12.6. The minimum atomic E-state index is -2.62. The lowest BCUT2D eigenvalue weighted by atomic mass is 10.0. The van der Waals surface area contributed by atoms with Gasteiger partial charge in [0, 0.05) is 0 Å². The Kier molecular flexibility index (Phi) is 4.94. The van der Waals surface area contributed by atoms with Crippen molar-refractivity contribution in [3.05, 3.63) is 35.1 Å². The number of halogens is 4. The molecule has 1 aromatic rings. The second-order valence-electron chi connectivity index (χ2n) is 2.86. The molecule has 0 saturated heterocycles. The Labute approximate surface area is 86.5 Å². The summed E-state index contributed by atoms with van der Waals surface area (Å²) in [5.74, 6) is -0.442. The van der Waals surface area contributed by atoms with Crippen LogP contribution in [-0.4, -0.2) is 6.43 Å². The zero-order valence-electron chi connectivity index (χ0n) is 7.51. The van der Waals surface area contributed by atoms with Gasteiger partial charge in [0.05, 0.1) is 6.04 Å². The summed E-state index contributed by atoms with van der Waals surface area (Å²) in [5.41, 5.74) is 5.96. The second kappa shape index (κ2) is 5.22. The summed E-state index contributed by atoms with van der Waals surface area (Å²) < 4.78 is 36.9. The Hall–Kier alpha value is -0.740. The van der Waals surface area contributed by atoms with Crippen LogP contribution in [0.4, 0.5) is 13.2 Å². The van der Waals surface area contributed by atoms with E-state index in [0.717, 1.165) is 6.07 Å². The first-order chi connectivity index (χ1) is 6.02. The molecule has 0 radical (unpaired) electrons. The minimum Gasteiger partial charge on any atom is -0.319 e. The zero-order valence-corrected chi connectivity index (χ0v) is 8.32. The van der Waals surface area contributed by atoms with E-state index in [9.17, 15) is 13.2 Å². The van der Waals surface area contributed by atoms with E-state index in [0.29, 0.717) is 5.56 Å². The fraction of sp³-hybridized carbons (Fsp3) is 0.333. The largest absolute Gasteiger partial charge is 0.319 e. The summed E-state index contributed by atoms with van der Waals surface area (Å²) in [4.78, 5) is 0. The van der Waals surface area contributed by atoms with Crippen molar-refractivity contribution in [1.82, 2.24) is 0 Å². The van der Waals surface area contributed by atoms with Gasteiger partial charge in [-0.25, -0.2) is 13.2 Å². The third-order valence-electron chi connectivity index (χ3n) is 1.86. The van der Waals surface area contributed by atoms with Crippen LogP contribution in [0.3, 0.4) is 0 Å². The van der Waals surface area contributed by atoms with E-state index in [2.05, 4.69) is 0 Å². The van der Waals surface area contributed by atoms with Crippen LogP contribution in [0.25, 0.3) is 0 Å². The molecule has 0 fully saturated rings. The van der Waals surface area contributed by atoms with Crippen LogP contribution in [0.5, 0.6) is 0 Å². The molecule has 1 aromatic carbocycles. The molecule has 1 nitrogen and oxygen atoms in total. The van der Waals surface area contributed by atoms with Crippen LogP contribution in [0.15, 0.2) is 18.2 Å². The third-order valence-corrected chi connectivity index (χ3v) is 1.86. The van der Waals surface area contributed by atoms with Crippen LogP contribution >= 0.6 is 12.4 Å². The highest BCUT2D eigenvalue weighted by molar-refractivity contribution is 5.85. The number of nitrogens with two attached hydrogens (primary N) is 1. The van der Waals surface area contributed by atoms with Gasteiger partial charge < -0.3 is 5.73 Å². The number of alkyl halides is 2. The van der Waals surface area contributed by atoms with E-state index in [4.69, 9.17) is 5.73 Å². The lowest BCUT2D eigenvalue weighted by Gasteiger charge is -2.13. The molecule has 0 bridgehead atoms. The van der Waals surface area contributed by atoms with E-state index in [-0.39, 0.29) is 18.0 Å². The molecule has 1 atom stereocenters. The highest BCUT2D eigenvalue weighted by Crippen LogP contribution is 2.21. The van der Waals surface area contributed by atoms with Crippen molar-refractivity contribution in [2.24, 2.45) is 5.73 Å². The molecule has 0 aliphatic rings. The average Bonchev–Trinajstić information content (AvgIpc) is 2.03. The standard InChI is InChI=1S/C9H10F3N.ClH/c1-5-4-6(10)2-3-7(5)8(13)9(11)12;/h2-4,8-9H,13H2,1H3;1H/t8-;/m0./s1. The topological polar surface area (TPSA) is 26.0 Å². The Morgan fingerprint density at radius 1 is 1.29 bits per heavy atom. The van der Waals surface area contributed by atoms with Gasteiger partial charge in [-0.05, 0) is 30.2 Å². The number of hydrogen-bond donors (Lipinski definition) is 1. The van der Waals surface area contributed by atoms with Crippen molar-refractivity contribution >= 4 is 12.4 Å². The SMILES string of the molecule is Cc1cc(F)ccc1[C@H](N)C(F)F.Cl. The van der Waals surface area contributed by atoms with Gasteiger partial charge in [-0.2, -0.15) is 0 Å². The predicted molar refractivity (Wildman–Crippen MR) is 51.3 cm³/mol. The molecule has 2 N–H and O–H groups in total. The van der Waals surface area contributed by atoms with Crippen molar-refractivity contribution < 1.29 is 13.2 Å². The predicted octanol–water partition coefficient (Wildman–Crippen LogP) is 2.82. The Balaban J connectivity index is 0.00000169. The Morgan fingerprint density at radius 3 is 2.29 bits per heavy atom. The highest BCUT2D eigenvalue weighted by Gasteiger charge is 2.19. The molecule has 0 amide bonds. The molecule has 0 heterocycles. The quantitative estimate of drug-likeness (QED) is 0.823. The van der Waals surface area contributed by atoms with Crippen LogP contribution in [0.1, 0.15) is 17.2 Å². The average molecular weight is 226 g/mol. The molecular formula is C9H11ClF3N. The van der Waals surface area contributed by atoms with E-state index >= 15 is 0 Å². The zero-order chi connectivity index (χ0) is 10.0. The smallest absolute Gasteiger partial charge is 0.257 e. The number of rotatable bonds is 2. The fourth-order valence-electron chi connectivity index (χ4n) is 1.15. The first kappa shape index (κ1) is 13.3. The molecule has 0 aliphatic heterocycles. The lowest BCUT2D eigenvalue weighted by Crippen LogP contribution is -2.19. The molecule has 0 aliphatic carbocycles. The molecule has 5 heteroatoms. The summed E-state index contributed by atoms with van der Waals surface area (Å²) >= 11 is 0. The van der Waals surface area contributed by atoms with E-state index in [1.54, 1.807) is 6.92 Å². The summed E-state index contributed by atoms with van der Waals surface area (Å²) in [5, 5.41) is 0. The summed E-state index contributed by atoms with van der Waals surface area (Å²) in [6, 6.07) is 2.28. The van der Waals surface area contributed by atoms with Crippen molar-refractivity contribution in [3.63, 3.8) is 0 Å². The Morgan fingerprint density at radius 2 is 1.86 bits per heavy atom. The van der Waals surface area contributed by atoms with Gasteiger partial charge in [-0.1, -0.05) is 6.07 Å². The molecule has 14 heavy (non-hydrogen) atoms. The first-order valence-corrected chi connectivity index (χ1v) is 3.82. The van der Waals surface area contributed by atoms with E-state index < -0.39 is 18.3 Å². The molecule has 0 saturated carbocycles. The van der Waals surface area contributed by atoms with Crippen molar-refractivity contribution in [2.45, 2.75) is 19.4 Å². The first-order valence-electron chi connectivity index (χ1n) is 3.82. The van der Waals surface area contributed by atoms with Gasteiger partial charge in [0.25, 0.3) is 6.43 Å². The fourth-order valence-corrected chi connectivity index (χ4v) is 1.15. The van der Waals surface area contributed by atoms with Gasteiger partial charge in [-0.15, -0.1) is 12.4 Å². The summed E-state index contributed by atoms with van der Waals surface area (Å²) in [6.07, 6.45) is -2.62. The van der Waals surface area contributed by atoms with Gasteiger partial charge in [0.1, 0.15) is 5.82 Å². The molecular weight excluding hydrogens is 215 g/mol. The number of aryl methyl sites for hydroxylation is 1. The number of hydrogen-bond acceptors (Lipinski definition) is 1. The van der Waals surface area contributed by atoms with Crippen LogP contribution in [-0.2, 0) is 0 Å². The van der Waals surface area contributed by atoms with Crippen molar-refractivity contribution in [1.29, 1.82) is 0 Å². The molecule has 0 spiro atoms. The second-order valence-corrected chi connectivity index (χ2v) is 2.86. The molecule has 80 valence electrons. The summed E-state index contributed by atoms with van der Waals surface area (Å²) in [6.45, 7) is 1.56. The highest BCUT2D eigenvalue weighted by atomic mass is 35.5. The maximum atomic E-state index is 12.6. The van der Waals surface area contributed by atoms with Gasteiger partial charge in [0.15, 0.2) is 0 Å². The van der Waals surface area contributed by atoms with Gasteiger partial charge >= 0.3 is 0 Å². The van der Waals surface area contributed by atoms with E-state index in [1.165, 1.54) is 12.1 Å². The molecule has 1 rings (SSSR count). The van der Waals surface area contributed by atoms with Crippen LogP contribution < -0.4 is 5.73 Å². The minimum absolute atomic E-state index is 0. The maximum Gasteiger partial charge on any atom is 0.257 e.